The fraction of sp³-hybridized carbons (Fsp3) is 0.500. The predicted molar refractivity (Wildman–Crippen MR) is 64.4 cm³/mol. The smallest absolute Gasteiger partial charge is 0.159 e. The van der Waals surface area contributed by atoms with Gasteiger partial charge in [0.1, 0.15) is 10.5 Å². The zero-order valence-corrected chi connectivity index (χ0v) is 12.0. The van der Waals surface area contributed by atoms with E-state index in [1.807, 2.05) is 13.8 Å². The Hall–Kier alpha value is -0.743. The maximum absolute atomic E-state index is 12.9. The van der Waals surface area contributed by atoms with Gasteiger partial charge in [0.25, 0.3) is 0 Å². The van der Waals surface area contributed by atoms with Gasteiger partial charge in [0.15, 0.2) is 11.6 Å². The molecule has 0 aromatic heterocycles. The molecule has 1 nitrogen and oxygen atoms in total. The summed E-state index contributed by atoms with van der Waals surface area (Å²) in [4.78, 5) is 0. The molecule has 90 valence electrons. The third-order valence-corrected chi connectivity index (χ3v) is 3.89. The average molecular weight is 244 g/mol. The Morgan fingerprint density at radius 3 is 2.50 bits per heavy atom. The molecule has 0 fully saturated rings. The van der Waals surface area contributed by atoms with Gasteiger partial charge in [-0.05, 0) is 50.8 Å². The lowest BCUT2D eigenvalue weighted by atomic mass is 9.99. The second-order valence-corrected chi connectivity index (χ2v) is 4.97. The first-order valence-electron chi connectivity index (χ1n) is 5.44. The molecule has 4 heteroatoms. The standard InChI is InChI=1S/C12H18F2OSi/c1-12(2,15-16)7-3-4-9-5-6-10(13)11(14)8-9/h5-6,8H,3-4,7H2,1-2,16H3. The van der Waals surface area contributed by atoms with Crippen LogP contribution in [-0.4, -0.2) is 16.1 Å². The van der Waals surface area contributed by atoms with E-state index in [0.717, 1.165) is 35.3 Å². The van der Waals surface area contributed by atoms with Gasteiger partial charge in [-0.1, -0.05) is 6.07 Å². The van der Waals surface area contributed by atoms with Crippen LogP contribution >= 0.6 is 0 Å². The van der Waals surface area contributed by atoms with Crippen molar-refractivity contribution in [3.8, 4) is 0 Å². The van der Waals surface area contributed by atoms with E-state index in [1.165, 1.54) is 12.1 Å². The van der Waals surface area contributed by atoms with E-state index in [-0.39, 0.29) is 5.60 Å². The van der Waals surface area contributed by atoms with Gasteiger partial charge in [0.05, 0.1) is 0 Å². The number of benzene rings is 1. The van der Waals surface area contributed by atoms with Gasteiger partial charge < -0.3 is 4.43 Å². The molecule has 1 aromatic carbocycles. The highest BCUT2D eigenvalue weighted by Gasteiger charge is 2.14. The van der Waals surface area contributed by atoms with E-state index in [2.05, 4.69) is 0 Å². The molecule has 0 atom stereocenters. The Morgan fingerprint density at radius 1 is 1.25 bits per heavy atom. The van der Waals surface area contributed by atoms with Crippen molar-refractivity contribution in [3.05, 3.63) is 35.4 Å². The first-order valence-corrected chi connectivity index (χ1v) is 6.25. The molecular formula is C12H18F2OSi. The summed E-state index contributed by atoms with van der Waals surface area (Å²) in [7, 11) is 0.722. The van der Waals surface area contributed by atoms with Crippen molar-refractivity contribution in [2.45, 2.75) is 38.7 Å². The molecule has 0 amide bonds. The molecule has 0 N–H and O–H groups in total. The molecule has 1 rings (SSSR count). The van der Waals surface area contributed by atoms with Gasteiger partial charge in [-0.15, -0.1) is 0 Å². The van der Waals surface area contributed by atoms with Crippen LogP contribution in [0, 0.1) is 11.6 Å². The molecule has 0 radical (unpaired) electrons. The second-order valence-electron chi connectivity index (χ2n) is 4.57. The number of hydrogen-bond acceptors (Lipinski definition) is 1. The molecule has 0 aliphatic carbocycles. The van der Waals surface area contributed by atoms with Gasteiger partial charge >= 0.3 is 0 Å². The van der Waals surface area contributed by atoms with Crippen LogP contribution in [0.5, 0.6) is 0 Å². The van der Waals surface area contributed by atoms with Crippen LogP contribution in [0.1, 0.15) is 32.3 Å². The van der Waals surface area contributed by atoms with Crippen LogP contribution in [0.2, 0.25) is 0 Å². The maximum atomic E-state index is 12.9. The highest BCUT2D eigenvalue weighted by Crippen LogP contribution is 2.18. The van der Waals surface area contributed by atoms with Crippen molar-refractivity contribution in [2.75, 3.05) is 0 Å². The van der Waals surface area contributed by atoms with E-state index >= 15 is 0 Å². The SMILES string of the molecule is CC(C)(CCCc1ccc(F)c(F)c1)O[SiH3]. The van der Waals surface area contributed by atoms with Crippen LogP contribution < -0.4 is 0 Å². The predicted octanol–water partition coefficient (Wildman–Crippen LogP) is 2.36. The monoisotopic (exact) mass is 244 g/mol. The minimum absolute atomic E-state index is 0.0925. The molecule has 0 spiro atoms. The Kier molecular flexibility index (Phi) is 4.62. The molecule has 0 bridgehead atoms. The van der Waals surface area contributed by atoms with Crippen LogP contribution in [0.3, 0.4) is 0 Å². The van der Waals surface area contributed by atoms with Gasteiger partial charge in [-0.25, -0.2) is 8.78 Å². The fourth-order valence-corrected chi connectivity index (χ4v) is 1.72. The van der Waals surface area contributed by atoms with Crippen molar-refractivity contribution in [1.82, 2.24) is 0 Å². The van der Waals surface area contributed by atoms with E-state index in [9.17, 15) is 8.78 Å². The van der Waals surface area contributed by atoms with Crippen molar-refractivity contribution < 1.29 is 13.2 Å². The summed E-state index contributed by atoms with van der Waals surface area (Å²) in [5.41, 5.74) is 0.744. The van der Waals surface area contributed by atoms with Gasteiger partial charge in [-0.2, -0.15) is 0 Å². The Labute approximate surface area is 98.4 Å². The van der Waals surface area contributed by atoms with Gasteiger partial charge in [0.2, 0.25) is 0 Å². The highest BCUT2D eigenvalue weighted by molar-refractivity contribution is 5.98. The molecule has 0 saturated carbocycles. The topological polar surface area (TPSA) is 9.23 Å². The fourth-order valence-electron chi connectivity index (χ4n) is 1.52. The van der Waals surface area contributed by atoms with Gasteiger partial charge in [0, 0.05) is 5.60 Å². The first-order chi connectivity index (χ1) is 7.44. The summed E-state index contributed by atoms with van der Waals surface area (Å²) in [5.74, 6) is -1.55. The van der Waals surface area contributed by atoms with Crippen LogP contribution in [0.25, 0.3) is 0 Å². The largest absolute Gasteiger partial charge is 0.423 e. The van der Waals surface area contributed by atoms with Crippen LogP contribution in [0.4, 0.5) is 8.78 Å². The zero-order chi connectivity index (χ0) is 12.2. The number of rotatable bonds is 5. The lowest BCUT2D eigenvalue weighted by Crippen LogP contribution is -2.22. The normalized spacial score (nSPS) is 12.0. The van der Waals surface area contributed by atoms with E-state index in [0.29, 0.717) is 0 Å². The van der Waals surface area contributed by atoms with Crippen molar-refractivity contribution in [1.29, 1.82) is 0 Å². The Balaban J connectivity index is 2.46. The Bertz CT molecular complexity index is 353. The minimum Gasteiger partial charge on any atom is -0.423 e. The lowest BCUT2D eigenvalue weighted by Gasteiger charge is -2.23. The average Bonchev–Trinajstić information content (AvgIpc) is 2.23. The minimum atomic E-state index is -0.785. The zero-order valence-electron chi connectivity index (χ0n) is 10.0. The molecule has 0 saturated heterocycles. The molecule has 0 unspecified atom stereocenters. The van der Waals surface area contributed by atoms with Gasteiger partial charge in [-0.3, -0.25) is 0 Å². The quantitative estimate of drug-likeness (QED) is 0.723. The molecule has 1 aromatic rings. The first kappa shape index (κ1) is 13.3. The molecule has 16 heavy (non-hydrogen) atoms. The molecule has 0 heterocycles. The summed E-state index contributed by atoms with van der Waals surface area (Å²) < 4.78 is 31.0. The third-order valence-electron chi connectivity index (χ3n) is 2.78. The highest BCUT2D eigenvalue weighted by atomic mass is 28.2. The number of hydrogen-bond donors (Lipinski definition) is 0. The van der Waals surface area contributed by atoms with E-state index < -0.39 is 11.6 Å². The molecule has 0 aliphatic rings. The third kappa shape index (κ3) is 4.02. The van der Waals surface area contributed by atoms with Crippen LogP contribution in [-0.2, 0) is 10.8 Å². The second kappa shape index (κ2) is 5.55. The summed E-state index contributed by atoms with van der Waals surface area (Å²) in [6.45, 7) is 4.09. The molecule has 0 aliphatic heterocycles. The molecular weight excluding hydrogens is 226 g/mol. The summed E-state index contributed by atoms with van der Waals surface area (Å²) >= 11 is 0. The van der Waals surface area contributed by atoms with Crippen molar-refractivity contribution >= 4 is 10.5 Å². The van der Waals surface area contributed by atoms with Crippen molar-refractivity contribution in [3.63, 3.8) is 0 Å². The van der Waals surface area contributed by atoms with E-state index in [4.69, 9.17) is 4.43 Å². The lowest BCUT2D eigenvalue weighted by molar-refractivity contribution is 0.110. The van der Waals surface area contributed by atoms with Crippen LogP contribution in [0.15, 0.2) is 18.2 Å². The van der Waals surface area contributed by atoms with E-state index in [1.54, 1.807) is 6.07 Å². The summed E-state index contributed by atoms with van der Waals surface area (Å²) in [5, 5.41) is 0. The van der Waals surface area contributed by atoms with Crippen molar-refractivity contribution in [2.24, 2.45) is 0 Å². The maximum Gasteiger partial charge on any atom is 0.159 e. The number of halogens is 2. The summed E-state index contributed by atoms with van der Waals surface area (Å²) in [6.07, 6.45) is 2.60. The summed E-state index contributed by atoms with van der Waals surface area (Å²) in [6, 6.07) is 4.08. The number of aryl methyl sites for hydroxylation is 1. The Morgan fingerprint density at radius 2 is 1.94 bits per heavy atom.